The van der Waals surface area contributed by atoms with Gasteiger partial charge >= 0.3 is 0 Å². The number of hydrogen-bond donors (Lipinski definition) is 1. The number of aromatic nitrogens is 2. The van der Waals surface area contributed by atoms with E-state index in [1.54, 1.807) is 31.4 Å². The summed E-state index contributed by atoms with van der Waals surface area (Å²) >= 11 is 0. The van der Waals surface area contributed by atoms with Gasteiger partial charge in [0.2, 0.25) is 5.88 Å². The standard InChI is InChI=1S/C25H21N3O3/c1-30-22-12-5-6-13-23(22)31-24-15-21(27-17-28-24)19-10-7-11-20(14-19)25(29)26-16-18-8-3-2-4-9-18/h2-15,17H,16H2,1H3,(H,26,29). The minimum absolute atomic E-state index is 0.148. The van der Waals surface area contributed by atoms with Gasteiger partial charge in [-0.2, -0.15) is 0 Å². The van der Waals surface area contributed by atoms with Crippen LogP contribution in [0.4, 0.5) is 0 Å². The number of hydrogen-bond acceptors (Lipinski definition) is 5. The highest BCUT2D eigenvalue weighted by molar-refractivity contribution is 5.95. The number of nitrogens with one attached hydrogen (secondary N) is 1. The Labute approximate surface area is 180 Å². The highest BCUT2D eigenvalue weighted by Crippen LogP contribution is 2.31. The molecule has 0 saturated heterocycles. The van der Waals surface area contributed by atoms with Gasteiger partial charge in [-0.1, -0.05) is 54.6 Å². The summed E-state index contributed by atoms with van der Waals surface area (Å²) in [5, 5.41) is 2.94. The number of methoxy groups -OCH3 is 1. The molecule has 0 aliphatic heterocycles. The van der Waals surface area contributed by atoms with E-state index in [0.29, 0.717) is 35.2 Å². The minimum atomic E-state index is -0.148. The number of benzene rings is 3. The van der Waals surface area contributed by atoms with E-state index in [9.17, 15) is 4.79 Å². The molecular formula is C25H21N3O3. The first-order chi connectivity index (χ1) is 15.2. The maximum Gasteiger partial charge on any atom is 0.251 e. The van der Waals surface area contributed by atoms with Crippen LogP contribution in [0.3, 0.4) is 0 Å². The fourth-order valence-electron chi connectivity index (χ4n) is 3.07. The van der Waals surface area contributed by atoms with Gasteiger partial charge in [-0.3, -0.25) is 4.79 Å². The summed E-state index contributed by atoms with van der Waals surface area (Å²) in [4.78, 5) is 21.1. The Morgan fingerprint density at radius 1 is 0.871 bits per heavy atom. The smallest absolute Gasteiger partial charge is 0.251 e. The number of carbonyl (C=O) groups is 1. The summed E-state index contributed by atoms with van der Waals surface area (Å²) < 4.78 is 11.2. The van der Waals surface area contributed by atoms with E-state index in [0.717, 1.165) is 11.1 Å². The SMILES string of the molecule is COc1ccccc1Oc1cc(-c2cccc(C(=O)NCc3ccccc3)c2)ncn1. The third-order valence-electron chi connectivity index (χ3n) is 4.64. The second kappa shape index (κ2) is 9.54. The lowest BCUT2D eigenvalue weighted by molar-refractivity contribution is 0.0951. The maximum atomic E-state index is 12.6. The predicted octanol–water partition coefficient (Wildman–Crippen LogP) is 4.87. The summed E-state index contributed by atoms with van der Waals surface area (Å²) in [5.41, 5.74) is 3.04. The molecule has 4 rings (SSSR count). The molecule has 1 aromatic heterocycles. The van der Waals surface area contributed by atoms with Gasteiger partial charge in [-0.15, -0.1) is 0 Å². The van der Waals surface area contributed by atoms with Crippen LogP contribution in [0.5, 0.6) is 17.4 Å². The third kappa shape index (κ3) is 5.05. The van der Waals surface area contributed by atoms with Crippen LogP contribution in [0, 0.1) is 0 Å². The van der Waals surface area contributed by atoms with Gasteiger partial charge in [0.1, 0.15) is 6.33 Å². The molecule has 0 saturated carbocycles. The molecular weight excluding hydrogens is 390 g/mol. The average Bonchev–Trinajstić information content (AvgIpc) is 2.84. The summed E-state index contributed by atoms with van der Waals surface area (Å²) in [6.45, 7) is 0.467. The van der Waals surface area contributed by atoms with Gasteiger partial charge < -0.3 is 14.8 Å². The zero-order valence-corrected chi connectivity index (χ0v) is 17.0. The van der Waals surface area contributed by atoms with Crippen molar-refractivity contribution in [2.45, 2.75) is 6.54 Å². The fourth-order valence-corrected chi connectivity index (χ4v) is 3.07. The van der Waals surface area contributed by atoms with Crippen molar-refractivity contribution in [3.63, 3.8) is 0 Å². The quantitative estimate of drug-likeness (QED) is 0.469. The van der Waals surface area contributed by atoms with Crippen molar-refractivity contribution in [2.24, 2.45) is 0 Å². The molecule has 1 amide bonds. The van der Waals surface area contributed by atoms with Crippen LogP contribution in [0.1, 0.15) is 15.9 Å². The first-order valence-electron chi connectivity index (χ1n) is 9.78. The van der Waals surface area contributed by atoms with Gasteiger partial charge in [-0.25, -0.2) is 9.97 Å². The zero-order chi connectivity index (χ0) is 21.5. The minimum Gasteiger partial charge on any atom is -0.493 e. The molecule has 0 spiro atoms. The molecule has 6 nitrogen and oxygen atoms in total. The number of amides is 1. The van der Waals surface area contributed by atoms with Crippen LogP contribution >= 0.6 is 0 Å². The monoisotopic (exact) mass is 411 g/mol. The van der Waals surface area contributed by atoms with E-state index in [2.05, 4.69) is 15.3 Å². The summed E-state index contributed by atoms with van der Waals surface area (Å²) in [6.07, 6.45) is 1.43. The largest absolute Gasteiger partial charge is 0.493 e. The van der Waals surface area contributed by atoms with E-state index in [1.807, 2.05) is 60.7 Å². The second-order valence-corrected chi connectivity index (χ2v) is 6.74. The van der Waals surface area contributed by atoms with Crippen molar-refractivity contribution in [2.75, 3.05) is 7.11 Å². The number of ether oxygens (including phenoxy) is 2. The molecule has 0 radical (unpaired) electrons. The Kier molecular flexibility index (Phi) is 6.18. The van der Waals surface area contributed by atoms with Crippen molar-refractivity contribution >= 4 is 5.91 Å². The van der Waals surface area contributed by atoms with E-state index in [4.69, 9.17) is 9.47 Å². The van der Waals surface area contributed by atoms with E-state index in [-0.39, 0.29) is 5.91 Å². The van der Waals surface area contributed by atoms with Crippen LogP contribution in [0.25, 0.3) is 11.3 Å². The molecule has 6 heteroatoms. The highest BCUT2D eigenvalue weighted by Gasteiger charge is 2.10. The highest BCUT2D eigenvalue weighted by atomic mass is 16.5. The third-order valence-corrected chi connectivity index (χ3v) is 4.64. The van der Waals surface area contributed by atoms with Gasteiger partial charge in [-0.05, 0) is 29.8 Å². The van der Waals surface area contributed by atoms with Crippen molar-refractivity contribution in [1.29, 1.82) is 0 Å². The molecule has 3 aromatic carbocycles. The van der Waals surface area contributed by atoms with Gasteiger partial charge in [0.05, 0.1) is 12.8 Å². The molecule has 4 aromatic rings. The number of para-hydroxylation sites is 2. The van der Waals surface area contributed by atoms with E-state index >= 15 is 0 Å². The molecule has 1 heterocycles. The Morgan fingerprint density at radius 3 is 2.45 bits per heavy atom. The van der Waals surface area contributed by atoms with E-state index in [1.165, 1.54) is 6.33 Å². The molecule has 0 unspecified atom stereocenters. The Morgan fingerprint density at radius 2 is 1.65 bits per heavy atom. The Bertz CT molecular complexity index is 1180. The first-order valence-corrected chi connectivity index (χ1v) is 9.78. The van der Waals surface area contributed by atoms with Crippen LogP contribution in [0.2, 0.25) is 0 Å². The van der Waals surface area contributed by atoms with Crippen LogP contribution in [-0.4, -0.2) is 23.0 Å². The van der Waals surface area contributed by atoms with Crippen LogP contribution in [0.15, 0.2) is 91.3 Å². The molecule has 0 bridgehead atoms. The number of carbonyl (C=O) groups excluding carboxylic acids is 1. The lowest BCUT2D eigenvalue weighted by atomic mass is 10.1. The first kappa shape index (κ1) is 20.1. The van der Waals surface area contributed by atoms with Crippen molar-refractivity contribution in [1.82, 2.24) is 15.3 Å². The Hall–Kier alpha value is -4.19. The normalized spacial score (nSPS) is 10.4. The molecule has 31 heavy (non-hydrogen) atoms. The van der Waals surface area contributed by atoms with Crippen LogP contribution in [-0.2, 0) is 6.54 Å². The van der Waals surface area contributed by atoms with E-state index < -0.39 is 0 Å². The molecule has 0 aliphatic rings. The number of nitrogens with zero attached hydrogens (tertiary/aromatic N) is 2. The molecule has 0 fully saturated rings. The molecule has 154 valence electrons. The molecule has 0 atom stereocenters. The van der Waals surface area contributed by atoms with Crippen LogP contribution < -0.4 is 14.8 Å². The summed E-state index contributed by atoms with van der Waals surface area (Å²) in [6, 6.07) is 26.2. The number of rotatable bonds is 7. The predicted molar refractivity (Wildman–Crippen MR) is 118 cm³/mol. The van der Waals surface area contributed by atoms with Gasteiger partial charge in [0, 0.05) is 23.7 Å². The van der Waals surface area contributed by atoms with Gasteiger partial charge in [0.15, 0.2) is 11.5 Å². The Balaban J connectivity index is 1.51. The van der Waals surface area contributed by atoms with Crippen molar-refractivity contribution in [3.05, 3.63) is 102 Å². The lowest BCUT2D eigenvalue weighted by Crippen LogP contribution is -2.22. The summed E-state index contributed by atoms with van der Waals surface area (Å²) in [5.74, 6) is 1.40. The lowest BCUT2D eigenvalue weighted by Gasteiger charge is -2.10. The molecule has 0 aliphatic carbocycles. The topological polar surface area (TPSA) is 73.3 Å². The average molecular weight is 411 g/mol. The molecule has 1 N–H and O–H groups in total. The van der Waals surface area contributed by atoms with Crippen molar-refractivity contribution < 1.29 is 14.3 Å². The zero-order valence-electron chi connectivity index (χ0n) is 17.0. The maximum absolute atomic E-state index is 12.6. The van der Waals surface area contributed by atoms with Crippen molar-refractivity contribution in [3.8, 4) is 28.6 Å². The second-order valence-electron chi connectivity index (χ2n) is 6.74. The fraction of sp³-hybridized carbons (Fsp3) is 0.0800. The summed E-state index contributed by atoms with van der Waals surface area (Å²) in [7, 11) is 1.59. The van der Waals surface area contributed by atoms with Gasteiger partial charge in [0.25, 0.3) is 5.91 Å².